The number of benzene rings is 1. The molecular weight excluding hydrogens is 250 g/mol. The van der Waals surface area contributed by atoms with Crippen molar-refractivity contribution in [1.82, 2.24) is 10.4 Å². The SMILES string of the molecule is O=C(N/N=C1/CCCc2ccccc21)c1ccncc1. The second-order valence-electron chi connectivity index (χ2n) is 4.75. The van der Waals surface area contributed by atoms with Crippen LogP contribution < -0.4 is 5.43 Å². The van der Waals surface area contributed by atoms with Crippen molar-refractivity contribution in [2.75, 3.05) is 0 Å². The first-order chi connectivity index (χ1) is 9.84. The molecule has 1 aliphatic rings. The number of hydrazone groups is 1. The van der Waals surface area contributed by atoms with Gasteiger partial charge in [0.1, 0.15) is 0 Å². The summed E-state index contributed by atoms with van der Waals surface area (Å²) in [6.07, 6.45) is 6.23. The van der Waals surface area contributed by atoms with E-state index < -0.39 is 0 Å². The first-order valence-electron chi connectivity index (χ1n) is 6.70. The Morgan fingerprint density at radius 3 is 2.75 bits per heavy atom. The van der Waals surface area contributed by atoms with Crippen LogP contribution in [0.2, 0.25) is 0 Å². The first kappa shape index (κ1) is 12.5. The standard InChI is InChI=1S/C16H15N3O/c20-16(13-8-10-17-11-9-13)19-18-15-7-3-5-12-4-1-2-6-14(12)15/h1-2,4,6,8-11H,3,5,7H2,(H,19,20)/b18-15-. The molecule has 0 spiro atoms. The Bertz CT molecular complexity index is 650. The van der Waals surface area contributed by atoms with Crippen molar-refractivity contribution in [2.45, 2.75) is 19.3 Å². The molecule has 4 nitrogen and oxygen atoms in total. The van der Waals surface area contributed by atoms with Crippen molar-refractivity contribution in [3.05, 3.63) is 65.5 Å². The number of hydrogen-bond donors (Lipinski definition) is 1. The number of fused-ring (bicyclic) bond motifs is 1. The van der Waals surface area contributed by atoms with Gasteiger partial charge in [0.05, 0.1) is 5.71 Å². The third kappa shape index (κ3) is 2.59. The van der Waals surface area contributed by atoms with Crippen LogP contribution in [0.5, 0.6) is 0 Å². The third-order valence-corrected chi connectivity index (χ3v) is 3.42. The molecular formula is C16H15N3O. The summed E-state index contributed by atoms with van der Waals surface area (Å²) in [6.45, 7) is 0. The molecule has 20 heavy (non-hydrogen) atoms. The normalized spacial score (nSPS) is 15.7. The van der Waals surface area contributed by atoms with Gasteiger partial charge in [0.15, 0.2) is 0 Å². The predicted octanol–water partition coefficient (Wildman–Crippen LogP) is 2.55. The summed E-state index contributed by atoms with van der Waals surface area (Å²) >= 11 is 0. The lowest BCUT2D eigenvalue weighted by Crippen LogP contribution is -2.22. The molecule has 1 N–H and O–H groups in total. The van der Waals surface area contributed by atoms with Crippen LogP contribution >= 0.6 is 0 Å². The van der Waals surface area contributed by atoms with Gasteiger partial charge in [-0.3, -0.25) is 9.78 Å². The van der Waals surface area contributed by atoms with Crippen LogP contribution in [0.25, 0.3) is 0 Å². The van der Waals surface area contributed by atoms with Crippen LogP contribution in [0.3, 0.4) is 0 Å². The van der Waals surface area contributed by atoms with E-state index in [4.69, 9.17) is 0 Å². The maximum absolute atomic E-state index is 12.0. The van der Waals surface area contributed by atoms with Gasteiger partial charge in [-0.25, -0.2) is 5.43 Å². The van der Waals surface area contributed by atoms with Crippen molar-refractivity contribution in [2.24, 2.45) is 5.10 Å². The molecule has 100 valence electrons. The highest BCUT2D eigenvalue weighted by molar-refractivity contribution is 6.04. The topological polar surface area (TPSA) is 54.4 Å². The van der Waals surface area contributed by atoms with E-state index in [2.05, 4.69) is 27.6 Å². The van der Waals surface area contributed by atoms with Crippen molar-refractivity contribution >= 4 is 11.6 Å². The third-order valence-electron chi connectivity index (χ3n) is 3.42. The number of rotatable bonds is 2. The number of carbonyl (C=O) groups is 1. The molecule has 3 rings (SSSR count). The Balaban J connectivity index is 1.79. The summed E-state index contributed by atoms with van der Waals surface area (Å²) in [7, 11) is 0. The lowest BCUT2D eigenvalue weighted by molar-refractivity contribution is 0.0954. The van der Waals surface area contributed by atoms with Crippen LogP contribution in [-0.4, -0.2) is 16.6 Å². The fourth-order valence-corrected chi connectivity index (χ4v) is 2.40. The molecule has 0 bridgehead atoms. The van der Waals surface area contributed by atoms with E-state index in [0.29, 0.717) is 5.56 Å². The molecule has 0 unspecified atom stereocenters. The Morgan fingerprint density at radius 1 is 1.10 bits per heavy atom. The molecule has 0 aliphatic heterocycles. The molecule has 0 fully saturated rings. The summed E-state index contributed by atoms with van der Waals surface area (Å²) in [5.74, 6) is -0.206. The second-order valence-corrected chi connectivity index (χ2v) is 4.75. The molecule has 0 saturated heterocycles. The fourth-order valence-electron chi connectivity index (χ4n) is 2.40. The smallest absolute Gasteiger partial charge is 0.267 e. The van der Waals surface area contributed by atoms with Gasteiger partial charge >= 0.3 is 0 Å². The Kier molecular flexibility index (Phi) is 3.54. The molecule has 0 saturated carbocycles. The van der Waals surface area contributed by atoms with Gasteiger partial charge in [-0.1, -0.05) is 24.3 Å². The Morgan fingerprint density at radius 2 is 1.90 bits per heavy atom. The van der Waals surface area contributed by atoms with Gasteiger partial charge in [-0.05, 0) is 37.0 Å². The van der Waals surface area contributed by atoms with Crippen molar-refractivity contribution in [3.63, 3.8) is 0 Å². The van der Waals surface area contributed by atoms with Crippen molar-refractivity contribution in [3.8, 4) is 0 Å². The van der Waals surface area contributed by atoms with Gasteiger partial charge in [-0.15, -0.1) is 0 Å². The maximum atomic E-state index is 12.0. The fraction of sp³-hybridized carbons (Fsp3) is 0.188. The lowest BCUT2D eigenvalue weighted by Gasteiger charge is -2.17. The van der Waals surface area contributed by atoms with Crippen LogP contribution in [0.15, 0.2) is 53.9 Å². The summed E-state index contributed by atoms with van der Waals surface area (Å²) in [4.78, 5) is 15.8. The Labute approximate surface area is 117 Å². The molecule has 1 aromatic heterocycles. The van der Waals surface area contributed by atoms with Crippen LogP contribution in [-0.2, 0) is 6.42 Å². The number of aromatic nitrogens is 1. The molecule has 0 atom stereocenters. The number of carbonyl (C=O) groups excluding carboxylic acids is 1. The quantitative estimate of drug-likeness (QED) is 0.848. The molecule has 2 aromatic rings. The number of nitrogens with zero attached hydrogens (tertiary/aromatic N) is 2. The van der Waals surface area contributed by atoms with Gasteiger partial charge in [0, 0.05) is 23.5 Å². The molecule has 0 radical (unpaired) electrons. The van der Waals surface area contributed by atoms with E-state index in [1.807, 2.05) is 12.1 Å². The van der Waals surface area contributed by atoms with Crippen LogP contribution in [0.4, 0.5) is 0 Å². The lowest BCUT2D eigenvalue weighted by atomic mass is 9.90. The highest BCUT2D eigenvalue weighted by Gasteiger charge is 2.15. The van der Waals surface area contributed by atoms with Gasteiger partial charge in [0.2, 0.25) is 0 Å². The maximum Gasteiger partial charge on any atom is 0.271 e. The van der Waals surface area contributed by atoms with Gasteiger partial charge in [-0.2, -0.15) is 5.10 Å². The number of pyridine rings is 1. The average molecular weight is 265 g/mol. The summed E-state index contributed by atoms with van der Waals surface area (Å²) in [6, 6.07) is 11.6. The van der Waals surface area contributed by atoms with Crippen molar-refractivity contribution in [1.29, 1.82) is 0 Å². The summed E-state index contributed by atoms with van der Waals surface area (Å²) in [5.41, 5.74) is 6.60. The van der Waals surface area contributed by atoms with Crippen molar-refractivity contribution < 1.29 is 4.79 Å². The van der Waals surface area contributed by atoms with E-state index >= 15 is 0 Å². The minimum Gasteiger partial charge on any atom is -0.267 e. The zero-order valence-electron chi connectivity index (χ0n) is 11.0. The largest absolute Gasteiger partial charge is 0.271 e. The highest BCUT2D eigenvalue weighted by atomic mass is 16.2. The first-order valence-corrected chi connectivity index (χ1v) is 6.70. The average Bonchev–Trinajstić information content (AvgIpc) is 2.53. The molecule has 1 heterocycles. The zero-order chi connectivity index (χ0) is 13.8. The molecule has 4 heteroatoms. The minimum atomic E-state index is -0.206. The zero-order valence-corrected chi connectivity index (χ0v) is 11.0. The van der Waals surface area contributed by atoms with Gasteiger partial charge in [0.25, 0.3) is 5.91 Å². The van der Waals surface area contributed by atoms with E-state index in [0.717, 1.165) is 30.5 Å². The van der Waals surface area contributed by atoms with E-state index in [1.165, 1.54) is 5.56 Å². The number of amides is 1. The van der Waals surface area contributed by atoms with Crippen LogP contribution in [0, 0.1) is 0 Å². The van der Waals surface area contributed by atoms with E-state index in [9.17, 15) is 4.79 Å². The predicted molar refractivity (Wildman–Crippen MR) is 77.6 cm³/mol. The summed E-state index contributed by atoms with van der Waals surface area (Å²) in [5, 5.41) is 4.30. The van der Waals surface area contributed by atoms with E-state index in [-0.39, 0.29) is 5.91 Å². The summed E-state index contributed by atoms with van der Waals surface area (Å²) < 4.78 is 0. The van der Waals surface area contributed by atoms with Crippen LogP contribution in [0.1, 0.15) is 34.3 Å². The second kappa shape index (κ2) is 5.65. The monoisotopic (exact) mass is 265 g/mol. The number of aryl methyl sites for hydroxylation is 1. The highest BCUT2D eigenvalue weighted by Crippen LogP contribution is 2.21. The minimum absolute atomic E-state index is 0.206. The number of nitrogens with one attached hydrogen (secondary N) is 1. The number of hydrogen-bond acceptors (Lipinski definition) is 3. The van der Waals surface area contributed by atoms with Gasteiger partial charge < -0.3 is 0 Å². The molecule has 1 aromatic carbocycles. The van der Waals surface area contributed by atoms with E-state index in [1.54, 1.807) is 24.5 Å². The molecule has 1 aliphatic carbocycles. The molecule has 1 amide bonds. The Hall–Kier alpha value is -2.49.